The third-order valence-electron chi connectivity index (χ3n) is 2.93. The topological polar surface area (TPSA) is 61.5 Å². The summed E-state index contributed by atoms with van der Waals surface area (Å²) < 4.78 is 38.1. The Balaban J connectivity index is 2.23. The van der Waals surface area contributed by atoms with Crippen molar-refractivity contribution in [1.29, 1.82) is 0 Å². The molecule has 102 valence electrons. The molecular formula is C13H8F3N3O. The number of fused-ring (bicyclic) bond motifs is 1. The zero-order chi connectivity index (χ0) is 14.3. The molecule has 2 N–H and O–H groups in total. The molecule has 1 aromatic carbocycles. The fourth-order valence-corrected chi connectivity index (χ4v) is 2.04. The maximum absolute atomic E-state index is 12.7. The molecule has 0 aliphatic heterocycles. The van der Waals surface area contributed by atoms with Crippen LogP contribution in [0.25, 0.3) is 22.2 Å². The quantitative estimate of drug-likeness (QED) is 0.719. The summed E-state index contributed by atoms with van der Waals surface area (Å²) in [6.45, 7) is 0. The standard InChI is InChI=1S/C13H8F3N3O/c14-13(15,16)8-4-7(5-17-6-8)9-2-1-3-10-11(9)19-12(20)18-10/h1-6H,(H2,18,19,20). The normalized spacial score (nSPS) is 11.9. The minimum atomic E-state index is -4.46. The van der Waals surface area contributed by atoms with Crippen LogP contribution in [0.3, 0.4) is 0 Å². The maximum atomic E-state index is 12.7. The van der Waals surface area contributed by atoms with Crippen molar-refractivity contribution in [2.75, 3.05) is 0 Å². The molecule has 3 aromatic rings. The number of halogens is 3. The van der Waals surface area contributed by atoms with E-state index < -0.39 is 17.4 Å². The molecule has 4 nitrogen and oxygen atoms in total. The van der Waals surface area contributed by atoms with E-state index in [1.807, 2.05) is 0 Å². The van der Waals surface area contributed by atoms with Gasteiger partial charge in [0.25, 0.3) is 0 Å². The van der Waals surface area contributed by atoms with Gasteiger partial charge in [-0.2, -0.15) is 13.2 Å². The Labute approximate surface area is 110 Å². The smallest absolute Gasteiger partial charge is 0.306 e. The molecule has 0 saturated heterocycles. The third kappa shape index (κ3) is 2.07. The number of hydrogen-bond donors (Lipinski definition) is 2. The predicted octanol–water partition coefficient (Wildman–Crippen LogP) is 2.94. The van der Waals surface area contributed by atoms with E-state index in [0.717, 1.165) is 12.3 Å². The van der Waals surface area contributed by atoms with Crippen LogP contribution in [0, 0.1) is 0 Å². The summed E-state index contributed by atoms with van der Waals surface area (Å²) in [6, 6.07) is 5.95. The lowest BCUT2D eigenvalue weighted by atomic mass is 10.0. The van der Waals surface area contributed by atoms with Crippen molar-refractivity contribution in [1.82, 2.24) is 15.0 Å². The van der Waals surface area contributed by atoms with Crippen LogP contribution in [0.4, 0.5) is 13.2 Å². The number of pyridine rings is 1. The molecule has 0 atom stereocenters. The average Bonchev–Trinajstić information content (AvgIpc) is 2.77. The monoisotopic (exact) mass is 279 g/mol. The second-order valence-electron chi connectivity index (χ2n) is 4.27. The minimum absolute atomic E-state index is 0.292. The van der Waals surface area contributed by atoms with Gasteiger partial charge in [0, 0.05) is 23.5 Å². The molecule has 0 amide bonds. The van der Waals surface area contributed by atoms with Crippen LogP contribution >= 0.6 is 0 Å². The van der Waals surface area contributed by atoms with E-state index in [9.17, 15) is 18.0 Å². The Kier molecular flexibility index (Phi) is 2.63. The number of imidazole rings is 1. The van der Waals surface area contributed by atoms with E-state index in [4.69, 9.17) is 0 Å². The largest absolute Gasteiger partial charge is 0.417 e. The number of H-pyrrole nitrogens is 2. The first-order chi connectivity index (χ1) is 9.45. The molecule has 2 aromatic heterocycles. The Morgan fingerprint density at radius 2 is 1.90 bits per heavy atom. The lowest BCUT2D eigenvalue weighted by Crippen LogP contribution is -2.05. The van der Waals surface area contributed by atoms with Gasteiger partial charge in [0.2, 0.25) is 0 Å². The number of benzene rings is 1. The second-order valence-corrected chi connectivity index (χ2v) is 4.27. The van der Waals surface area contributed by atoms with E-state index in [1.54, 1.807) is 18.2 Å². The number of alkyl halides is 3. The van der Waals surface area contributed by atoms with Gasteiger partial charge in [-0.25, -0.2) is 4.79 Å². The molecule has 20 heavy (non-hydrogen) atoms. The van der Waals surface area contributed by atoms with Crippen molar-refractivity contribution in [2.45, 2.75) is 6.18 Å². The van der Waals surface area contributed by atoms with Gasteiger partial charge in [0.15, 0.2) is 0 Å². The highest BCUT2D eigenvalue weighted by molar-refractivity contribution is 5.91. The summed E-state index contributed by atoms with van der Waals surface area (Å²) in [5.74, 6) is 0. The number of aromatic nitrogens is 3. The lowest BCUT2D eigenvalue weighted by Gasteiger charge is -2.08. The van der Waals surface area contributed by atoms with Crippen molar-refractivity contribution < 1.29 is 13.2 Å². The molecule has 0 spiro atoms. The fourth-order valence-electron chi connectivity index (χ4n) is 2.04. The van der Waals surface area contributed by atoms with Gasteiger partial charge in [-0.15, -0.1) is 0 Å². The molecule has 0 radical (unpaired) electrons. The molecular weight excluding hydrogens is 271 g/mol. The van der Waals surface area contributed by atoms with Crippen molar-refractivity contribution in [3.05, 3.63) is 52.7 Å². The minimum Gasteiger partial charge on any atom is -0.306 e. The molecule has 0 unspecified atom stereocenters. The molecule has 0 fully saturated rings. The number of nitrogens with zero attached hydrogens (tertiary/aromatic N) is 1. The molecule has 0 aliphatic rings. The summed E-state index contributed by atoms with van der Waals surface area (Å²) in [5.41, 5.74) is 0.529. The van der Waals surface area contributed by atoms with Crippen LogP contribution in [0.1, 0.15) is 5.56 Å². The van der Waals surface area contributed by atoms with E-state index in [2.05, 4.69) is 15.0 Å². The van der Waals surface area contributed by atoms with Gasteiger partial charge in [-0.3, -0.25) is 4.98 Å². The lowest BCUT2D eigenvalue weighted by molar-refractivity contribution is -0.137. The van der Waals surface area contributed by atoms with Crippen LogP contribution in [-0.4, -0.2) is 15.0 Å². The zero-order valence-electron chi connectivity index (χ0n) is 9.95. The van der Waals surface area contributed by atoms with Crippen molar-refractivity contribution in [2.24, 2.45) is 0 Å². The van der Waals surface area contributed by atoms with Crippen LogP contribution in [0.5, 0.6) is 0 Å². The summed E-state index contributed by atoms with van der Waals surface area (Å²) in [5, 5.41) is 0. The molecule has 3 rings (SSSR count). The number of nitrogens with one attached hydrogen (secondary N) is 2. The van der Waals surface area contributed by atoms with E-state index >= 15 is 0 Å². The summed E-state index contributed by atoms with van der Waals surface area (Å²) in [4.78, 5) is 20.0. The van der Waals surface area contributed by atoms with E-state index in [-0.39, 0.29) is 0 Å². The number of rotatable bonds is 1. The predicted molar refractivity (Wildman–Crippen MR) is 67.2 cm³/mol. The van der Waals surface area contributed by atoms with Gasteiger partial charge in [-0.1, -0.05) is 12.1 Å². The van der Waals surface area contributed by atoms with E-state index in [1.165, 1.54) is 6.20 Å². The molecule has 7 heteroatoms. The fraction of sp³-hybridized carbons (Fsp3) is 0.0769. The Morgan fingerprint density at radius 1 is 1.10 bits per heavy atom. The highest BCUT2D eigenvalue weighted by Crippen LogP contribution is 2.32. The third-order valence-corrected chi connectivity index (χ3v) is 2.93. The van der Waals surface area contributed by atoms with Gasteiger partial charge in [0.1, 0.15) is 0 Å². The average molecular weight is 279 g/mol. The molecule has 0 bridgehead atoms. The Bertz CT molecular complexity index is 832. The van der Waals surface area contributed by atoms with Crippen LogP contribution < -0.4 is 5.69 Å². The van der Waals surface area contributed by atoms with Crippen LogP contribution in [-0.2, 0) is 6.18 Å². The first-order valence-electron chi connectivity index (χ1n) is 5.69. The number of hydrogen-bond acceptors (Lipinski definition) is 2. The molecule has 0 saturated carbocycles. The van der Waals surface area contributed by atoms with Gasteiger partial charge < -0.3 is 9.97 Å². The second kappa shape index (κ2) is 4.22. The van der Waals surface area contributed by atoms with Crippen molar-refractivity contribution in [3.63, 3.8) is 0 Å². The van der Waals surface area contributed by atoms with E-state index in [0.29, 0.717) is 22.2 Å². The summed E-state index contributed by atoms with van der Waals surface area (Å²) in [7, 11) is 0. The highest BCUT2D eigenvalue weighted by Gasteiger charge is 2.31. The molecule has 0 aliphatic carbocycles. The Hall–Kier alpha value is -2.57. The summed E-state index contributed by atoms with van der Waals surface area (Å²) >= 11 is 0. The first kappa shape index (κ1) is 12.5. The van der Waals surface area contributed by atoms with Crippen molar-refractivity contribution >= 4 is 11.0 Å². The molecule has 2 heterocycles. The van der Waals surface area contributed by atoms with Gasteiger partial charge >= 0.3 is 11.9 Å². The number of para-hydroxylation sites is 1. The summed E-state index contributed by atoms with van der Waals surface area (Å²) in [6.07, 6.45) is -2.36. The van der Waals surface area contributed by atoms with Crippen LogP contribution in [0.2, 0.25) is 0 Å². The maximum Gasteiger partial charge on any atom is 0.417 e. The highest BCUT2D eigenvalue weighted by atomic mass is 19.4. The van der Waals surface area contributed by atoms with Crippen LogP contribution in [0.15, 0.2) is 41.5 Å². The van der Waals surface area contributed by atoms with Gasteiger partial charge in [0.05, 0.1) is 16.6 Å². The Morgan fingerprint density at radius 3 is 2.65 bits per heavy atom. The van der Waals surface area contributed by atoms with Crippen molar-refractivity contribution in [3.8, 4) is 11.1 Å². The SMILES string of the molecule is O=c1[nH]c2cccc(-c3cncc(C(F)(F)F)c3)c2[nH]1. The zero-order valence-corrected chi connectivity index (χ0v) is 9.95. The van der Waals surface area contributed by atoms with Gasteiger partial charge in [-0.05, 0) is 12.1 Å². The number of aromatic amines is 2. The first-order valence-corrected chi connectivity index (χ1v) is 5.69.